The standard InChI is InChI=1S/C37H27N5/c1-41-34-12-5-3-10-31(34)39-36(41)25-16-14-24(15-17-25)29-9-7-8-27-22-26(18-20-30(27)29)28-19-21-33(38-23-28)37-40-32-11-4-6-13-35(32)42(37)2/h3-23H,1-2H3. The van der Waals surface area contributed by atoms with E-state index in [4.69, 9.17) is 15.0 Å². The summed E-state index contributed by atoms with van der Waals surface area (Å²) >= 11 is 0. The normalized spacial score (nSPS) is 11.6. The zero-order valence-electron chi connectivity index (χ0n) is 23.4. The van der Waals surface area contributed by atoms with Gasteiger partial charge in [0.15, 0.2) is 5.82 Å². The Hall–Kier alpha value is -5.55. The second kappa shape index (κ2) is 9.53. The molecule has 5 aromatic carbocycles. The molecule has 0 N–H and O–H groups in total. The first kappa shape index (κ1) is 24.3. The summed E-state index contributed by atoms with van der Waals surface area (Å²) in [5.74, 6) is 1.84. The summed E-state index contributed by atoms with van der Waals surface area (Å²) in [6.45, 7) is 0. The number of nitrogens with zero attached hydrogens (tertiary/aromatic N) is 5. The molecule has 42 heavy (non-hydrogen) atoms. The number of rotatable bonds is 4. The molecule has 0 amide bonds. The highest BCUT2D eigenvalue weighted by molar-refractivity contribution is 5.99. The molecule has 0 aliphatic carbocycles. The van der Waals surface area contributed by atoms with Crippen molar-refractivity contribution in [2.45, 2.75) is 0 Å². The molecule has 0 unspecified atom stereocenters. The second-order valence-electron chi connectivity index (χ2n) is 10.7. The molecular weight excluding hydrogens is 514 g/mol. The van der Waals surface area contributed by atoms with E-state index in [0.717, 1.165) is 56.1 Å². The number of para-hydroxylation sites is 4. The number of hydrogen-bond donors (Lipinski definition) is 0. The summed E-state index contributed by atoms with van der Waals surface area (Å²) in [6.07, 6.45) is 1.94. The molecule has 8 aromatic rings. The fraction of sp³-hybridized carbons (Fsp3) is 0.0541. The molecule has 0 saturated heterocycles. The van der Waals surface area contributed by atoms with Gasteiger partial charge in [0.25, 0.3) is 0 Å². The molecule has 0 spiro atoms. The first-order valence-electron chi connectivity index (χ1n) is 14.1. The summed E-state index contributed by atoms with van der Waals surface area (Å²) in [5, 5.41) is 2.42. The molecule has 0 radical (unpaired) electrons. The van der Waals surface area contributed by atoms with Gasteiger partial charge in [0, 0.05) is 31.4 Å². The Morgan fingerprint density at radius 3 is 1.81 bits per heavy atom. The van der Waals surface area contributed by atoms with Crippen LogP contribution in [0, 0.1) is 0 Å². The maximum atomic E-state index is 4.86. The van der Waals surface area contributed by atoms with Crippen LogP contribution in [-0.4, -0.2) is 24.1 Å². The number of aryl methyl sites for hydroxylation is 2. The first-order valence-corrected chi connectivity index (χ1v) is 14.1. The molecule has 0 fully saturated rings. The van der Waals surface area contributed by atoms with Crippen molar-refractivity contribution in [2.75, 3.05) is 0 Å². The average molecular weight is 542 g/mol. The lowest BCUT2D eigenvalue weighted by Crippen LogP contribution is -1.94. The van der Waals surface area contributed by atoms with E-state index in [2.05, 4.69) is 113 Å². The van der Waals surface area contributed by atoms with Crippen LogP contribution in [0.2, 0.25) is 0 Å². The van der Waals surface area contributed by atoms with E-state index in [0.29, 0.717) is 0 Å². The fourth-order valence-electron chi connectivity index (χ4n) is 5.99. The van der Waals surface area contributed by atoms with E-state index >= 15 is 0 Å². The molecule has 0 aliphatic rings. The summed E-state index contributed by atoms with van der Waals surface area (Å²) in [6, 6.07) is 42.5. The predicted molar refractivity (Wildman–Crippen MR) is 172 cm³/mol. The minimum absolute atomic E-state index is 0.864. The predicted octanol–water partition coefficient (Wildman–Crippen LogP) is 8.68. The van der Waals surface area contributed by atoms with Gasteiger partial charge in [-0.25, -0.2) is 9.97 Å². The zero-order chi connectivity index (χ0) is 28.2. The van der Waals surface area contributed by atoms with E-state index < -0.39 is 0 Å². The Morgan fingerprint density at radius 2 is 1.12 bits per heavy atom. The van der Waals surface area contributed by atoms with Gasteiger partial charge in [0.2, 0.25) is 0 Å². The van der Waals surface area contributed by atoms with Crippen LogP contribution in [0.5, 0.6) is 0 Å². The van der Waals surface area contributed by atoms with Gasteiger partial charge < -0.3 is 9.13 Å². The van der Waals surface area contributed by atoms with Gasteiger partial charge in [0.1, 0.15) is 11.5 Å². The number of hydrogen-bond acceptors (Lipinski definition) is 3. The van der Waals surface area contributed by atoms with Gasteiger partial charge in [0.05, 0.1) is 22.1 Å². The smallest absolute Gasteiger partial charge is 0.159 e. The molecule has 8 rings (SSSR count). The van der Waals surface area contributed by atoms with Crippen molar-refractivity contribution in [1.29, 1.82) is 0 Å². The van der Waals surface area contributed by atoms with Gasteiger partial charge in [-0.1, -0.05) is 84.9 Å². The van der Waals surface area contributed by atoms with Crippen LogP contribution in [0.4, 0.5) is 0 Å². The first-order chi connectivity index (χ1) is 20.6. The van der Waals surface area contributed by atoms with Crippen molar-refractivity contribution in [3.63, 3.8) is 0 Å². The molecule has 0 bridgehead atoms. The molecule has 5 heteroatoms. The summed E-state index contributed by atoms with van der Waals surface area (Å²) in [5.41, 5.74) is 10.8. The Kier molecular flexibility index (Phi) is 5.50. The third kappa shape index (κ3) is 3.90. The van der Waals surface area contributed by atoms with Gasteiger partial charge in [-0.15, -0.1) is 0 Å². The highest BCUT2D eigenvalue weighted by Crippen LogP contribution is 2.34. The molecular formula is C37H27N5. The van der Waals surface area contributed by atoms with E-state index in [1.165, 1.54) is 21.9 Å². The Morgan fingerprint density at radius 1 is 0.500 bits per heavy atom. The van der Waals surface area contributed by atoms with E-state index in [-0.39, 0.29) is 0 Å². The summed E-state index contributed by atoms with van der Waals surface area (Å²) < 4.78 is 4.25. The molecule has 0 aliphatic heterocycles. The number of pyridine rings is 1. The highest BCUT2D eigenvalue weighted by Gasteiger charge is 2.13. The van der Waals surface area contributed by atoms with Crippen molar-refractivity contribution in [2.24, 2.45) is 14.1 Å². The highest BCUT2D eigenvalue weighted by atomic mass is 15.1. The van der Waals surface area contributed by atoms with Crippen molar-refractivity contribution in [3.05, 3.63) is 128 Å². The molecule has 3 aromatic heterocycles. The third-order valence-corrected chi connectivity index (χ3v) is 8.23. The lowest BCUT2D eigenvalue weighted by Gasteiger charge is -2.10. The van der Waals surface area contributed by atoms with Crippen LogP contribution in [0.25, 0.3) is 78.0 Å². The fourth-order valence-corrected chi connectivity index (χ4v) is 5.99. The average Bonchev–Trinajstić information content (AvgIpc) is 3.57. The lowest BCUT2D eigenvalue weighted by atomic mass is 9.95. The number of fused-ring (bicyclic) bond motifs is 3. The topological polar surface area (TPSA) is 48.5 Å². The van der Waals surface area contributed by atoms with Crippen molar-refractivity contribution >= 4 is 32.8 Å². The molecule has 5 nitrogen and oxygen atoms in total. The van der Waals surface area contributed by atoms with Crippen LogP contribution in [0.3, 0.4) is 0 Å². The van der Waals surface area contributed by atoms with Crippen molar-refractivity contribution in [3.8, 4) is 45.2 Å². The molecule has 0 saturated carbocycles. The minimum atomic E-state index is 0.864. The van der Waals surface area contributed by atoms with Crippen LogP contribution >= 0.6 is 0 Å². The van der Waals surface area contributed by atoms with Gasteiger partial charge in [-0.3, -0.25) is 4.98 Å². The zero-order valence-corrected chi connectivity index (χ0v) is 23.4. The molecule has 0 atom stereocenters. The van der Waals surface area contributed by atoms with E-state index in [1.54, 1.807) is 0 Å². The Labute approximate surface area is 243 Å². The third-order valence-electron chi connectivity index (χ3n) is 8.23. The van der Waals surface area contributed by atoms with E-state index in [1.807, 2.05) is 37.5 Å². The minimum Gasteiger partial charge on any atom is -0.327 e. The maximum absolute atomic E-state index is 4.86. The van der Waals surface area contributed by atoms with Gasteiger partial charge in [-0.2, -0.15) is 0 Å². The maximum Gasteiger partial charge on any atom is 0.159 e. The molecule has 3 heterocycles. The van der Waals surface area contributed by atoms with Crippen LogP contribution in [-0.2, 0) is 14.1 Å². The van der Waals surface area contributed by atoms with Crippen molar-refractivity contribution < 1.29 is 0 Å². The van der Waals surface area contributed by atoms with Crippen LogP contribution in [0.15, 0.2) is 128 Å². The van der Waals surface area contributed by atoms with Crippen LogP contribution < -0.4 is 0 Å². The summed E-state index contributed by atoms with van der Waals surface area (Å²) in [4.78, 5) is 14.4. The SMILES string of the molecule is Cn1c(-c2ccc(-c3cccc4cc(-c5ccc(-c6nc7ccccc7n6C)nc5)ccc34)cc2)nc2ccccc21. The Balaban J connectivity index is 1.11. The molecule has 200 valence electrons. The van der Waals surface area contributed by atoms with Gasteiger partial charge in [-0.05, 0) is 63.9 Å². The Bertz CT molecular complexity index is 2250. The second-order valence-corrected chi connectivity index (χ2v) is 10.7. The van der Waals surface area contributed by atoms with E-state index in [9.17, 15) is 0 Å². The number of imidazole rings is 2. The van der Waals surface area contributed by atoms with Crippen LogP contribution in [0.1, 0.15) is 0 Å². The number of aromatic nitrogens is 5. The summed E-state index contributed by atoms with van der Waals surface area (Å²) in [7, 11) is 4.11. The quantitative estimate of drug-likeness (QED) is 0.224. The lowest BCUT2D eigenvalue weighted by molar-refractivity contribution is 0.950. The van der Waals surface area contributed by atoms with Crippen molar-refractivity contribution in [1.82, 2.24) is 24.1 Å². The largest absolute Gasteiger partial charge is 0.327 e. The monoisotopic (exact) mass is 541 g/mol. The number of benzene rings is 5. The van der Waals surface area contributed by atoms with Gasteiger partial charge >= 0.3 is 0 Å².